The van der Waals surface area contributed by atoms with Gasteiger partial charge < -0.3 is 5.48 Å². The first-order valence-corrected chi connectivity index (χ1v) is 6.57. The number of rotatable bonds is 3. The molecule has 0 atom stereocenters. The van der Waals surface area contributed by atoms with Crippen molar-refractivity contribution in [2.45, 2.75) is 0 Å². The molecule has 0 aliphatic carbocycles. The van der Waals surface area contributed by atoms with E-state index in [1.165, 1.54) is 11.3 Å². The molecule has 20 heavy (non-hydrogen) atoms. The van der Waals surface area contributed by atoms with Gasteiger partial charge in [0.15, 0.2) is 5.01 Å². The maximum atomic E-state index is 10.8. The smallest absolute Gasteiger partial charge is 0.294 e. The summed E-state index contributed by atoms with van der Waals surface area (Å²) in [5.74, 6) is 0. The molecule has 0 saturated carbocycles. The zero-order valence-electron chi connectivity index (χ0n) is 10.4. The normalized spacial score (nSPS) is 9.80. The number of benzene rings is 2. The Morgan fingerprint density at radius 2 is 1.70 bits per heavy atom. The number of hydrogen-bond acceptors (Lipinski definition) is 5. The van der Waals surface area contributed by atoms with Crippen LogP contribution in [0.5, 0.6) is 0 Å². The first-order valence-electron chi connectivity index (χ1n) is 5.75. The van der Waals surface area contributed by atoms with Gasteiger partial charge in [0.2, 0.25) is 0 Å². The number of H-pyrrole nitrogens is 1. The summed E-state index contributed by atoms with van der Waals surface area (Å²) in [5.41, 5.74) is 2.23. The second kappa shape index (κ2) is 6.14. The summed E-state index contributed by atoms with van der Waals surface area (Å²) in [5, 5.41) is 12.0. The Bertz CT molecular complexity index is 713. The number of hydrogen-bond donors (Lipinski definition) is 0. The third-order valence-corrected chi connectivity index (χ3v) is 3.76. The average Bonchev–Trinajstić information content (AvgIpc) is 2.98. The van der Waals surface area contributed by atoms with Crippen molar-refractivity contribution in [2.24, 2.45) is 5.18 Å². The summed E-state index contributed by atoms with van der Waals surface area (Å²) in [6.45, 7) is 0. The van der Waals surface area contributed by atoms with Crippen LogP contribution in [0, 0.1) is 4.91 Å². The van der Waals surface area contributed by atoms with Crippen molar-refractivity contribution in [3.63, 3.8) is 0 Å². The van der Waals surface area contributed by atoms with Crippen molar-refractivity contribution < 1.29 is 10.6 Å². The van der Waals surface area contributed by atoms with Gasteiger partial charge in [-0.05, 0) is 40.8 Å². The second-order valence-corrected chi connectivity index (χ2v) is 4.93. The van der Waals surface area contributed by atoms with Crippen LogP contribution in [0.25, 0.3) is 21.1 Å². The minimum absolute atomic E-state index is 0. The standard InChI is InChI=1S/C14H9N3OS.H2O/c18-17-12-9-5-4-8-11(12)14-16-15-13(19-14)10-6-2-1-3-7-10;/h1-9H;1H2. The van der Waals surface area contributed by atoms with E-state index in [-0.39, 0.29) is 5.48 Å². The Morgan fingerprint density at radius 1 is 1.00 bits per heavy atom. The summed E-state index contributed by atoms with van der Waals surface area (Å²) in [6, 6.07) is 17.1. The zero-order valence-corrected chi connectivity index (χ0v) is 11.2. The van der Waals surface area contributed by atoms with E-state index in [1.54, 1.807) is 12.1 Å². The summed E-state index contributed by atoms with van der Waals surface area (Å²) in [6.07, 6.45) is 0. The fraction of sp³-hybridized carbons (Fsp3) is 0. The Hall–Kier alpha value is -2.44. The molecule has 0 amide bonds. The average molecular weight is 285 g/mol. The molecule has 0 unspecified atom stereocenters. The van der Waals surface area contributed by atoms with Gasteiger partial charge in [-0.1, -0.05) is 35.4 Å². The van der Waals surface area contributed by atoms with E-state index in [0.717, 1.165) is 21.1 Å². The van der Waals surface area contributed by atoms with E-state index in [4.69, 9.17) is 0 Å². The van der Waals surface area contributed by atoms with Crippen LogP contribution in [0.15, 0.2) is 59.8 Å². The SMILES string of the molecule is O=Nc1ccccc1-c1n[nH+]c(-c2ccccc2)s1.[OH-]. The van der Waals surface area contributed by atoms with E-state index < -0.39 is 0 Å². The Balaban J connectivity index is 0.00000147. The van der Waals surface area contributed by atoms with E-state index in [0.29, 0.717) is 5.69 Å². The van der Waals surface area contributed by atoms with Crippen LogP contribution in [-0.4, -0.2) is 10.6 Å². The highest BCUT2D eigenvalue weighted by Crippen LogP contribution is 2.33. The summed E-state index contributed by atoms with van der Waals surface area (Å²) >= 11 is 1.50. The highest BCUT2D eigenvalue weighted by molar-refractivity contribution is 7.17. The van der Waals surface area contributed by atoms with Crippen molar-refractivity contribution >= 4 is 17.0 Å². The zero-order chi connectivity index (χ0) is 13.1. The molecule has 0 aliphatic heterocycles. The highest BCUT2D eigenvalue weighted by Gasteiger charge is 2.16. The van der Waals surface area contributed by atoms with E-state index in [9.17, 15) is 4.91 Å². The molecule has 3 aromatic rings. The summed E-state index contributed by atoms with van der Waals surface area (Å²) < 4.78 is 0. The van der Waals surface area contributed by atoms with Gasteiger partial charge in [0.25, 0.3) is 5.01 Å². The van der Waals surface area contributed by atoms with Crippen molar-refractivity contribution in [3.05, 3.63) is 59.5 Å². The lowest BCUT2D eigenvalue weighted by Gasteiger charge is -1.95. The van der Waals surface area contributed by atoms with Crippen LogP contribution in [0.2, 0.25) is 0 Å². The van der Waals surface area contributed by atoms with E-state index >= 15 is 0 Å². The largest absolute Gasteiger partial charge is 0.870 e. The lowest BCUT2D eigenvalue weighted by atomic mass is 10.2. The molecule has 2 N–H and O–H groups in total. The molecule has 3 rings (SSSR count). The highest BCUT2D eigenvalue weighted by atomic mass is 32.1. The van der Waals surface area contributed by atoms with E-state index in [1.807, 2.05) is 42.5 Å². The van der Waals surface area contributed by atoms with Gasteiger partial charge in [0.05, 0.1) is 5.56 Å². The first kappa shape index (κ1) is 14.0. The molecular formula is C14H11N3O2S. The molecule has 0 aliphatic rings. The molecule has 1 heterocycles. The maximum absolute atomic E-state index is 10.8. The van der Waals surface area contributed by atoms with E-state index in [2.05, 4.69) is 15.4 Å². The van der Waals surface area contributed by atoms with Crippen molar-refractivity contribution in [1.29, 1.82) is 0 Å². The number of nitroso groups, excluding NO2 is 1. The molecule has 0 radical (unpaired) electrons. The van der Waals surface area contributed by atoms with Gasteiger partial charge in [-0.2, -0.15) is 0 Å². The fourth-order valence-electron chi connectivity index (χ4n) is 1.81. The first-order chi connectivity index (χ1) is 9.38. The molecule has 0 fully saturated rings. The van der Waals surface area contributed by atoms with Gasteiger partial charge in [0.1, 0.15) is 5.69 Å². The Labute approximate surface area is 119 Å². The summed E-state index contributed by atoms with van der Waals surface area (Å²) in [4.78, 5) is 10.8. The molecule has 0 saturated heterocycles. The topological polar surface area (TPSA) is 86.5 Å². The lowest BCUT2D eigenvalue weighted by molar-refractivity contribution is -0.434. The Morgan fingerprint density at radius 3 is 2.45 bits per heavy atom. The molecule has 2 aromatic carbocycles. The van der Waals surface area contributed by atoms with Crippen LogP contribution in [0.3, 0.4) is 0 Å². The van der Waals surface area contributed by atoms with Gasteiger partial charge in [-0.3, -0.25) is 0 Å². The van der Waals surface area contributed by atoms with Crippen LogP contribution >= 0.6 is 11.3 Å². The fourth-order valence-corrected chi connectivity index (χ4v) is 2.72. The van der Waals surface area contributed by atoms with Crippen molar-refractivity contribution in [3.8, 4) is 21.1 Å². The lowest BCUT2D eigenvalue weighted by Crippen LogP contribution is -2.04. The molecule has 100 valence electrons. The van der Waals surface area contributed by atoms with Gasteiger partial charge >= 0.3 is 0 Å². The number of nitrogens with one attached hydrogen (secondary N) is 1. The van der Waals surface area contributed by atoms with Crippen LogP contribution in [0.1, 0.15) is 0 Å². The van der Waals surface area contributed by atoms with Crippen molar-refractivity contribution in [2.75, 3.05) is 0 Å². The quantitative estimate of drug-likeness (QED) is 0.690. The predicted molar refractivity (Wildman–Crippen MR) is 76.9 cm³/mol. The maximum Gasteiger partial charge on any atom is 0.294 e. The third kappa shape index (κ3) is 2.61. The second-order valence-electron chi connectivity index (χ2n) is 3.93. The number of aromatic nitrogens is 2. The van der Waals surface area contributed by atoms with Gasteiger partial charge in [-0.15, -0.1) is 4.91 Å². The summed E-state index contributed by atoms with van der Waals surface area (Å²) in [7, 11) is 0. The number of nitrogens with zero attached hydrogens (tertiary/aromatic N) is 2. The molecule has 1 aromatic heterocycles. The molecule has 0 spiro atoms. The minimum atomic E-state index is 0. The molecule has 6 heteroatoms. The molecule has 5 nitrogen and oxygen atoms in total. The third-order valence-electron chi connectivity index (χ3n) is 2.73. The number of aromatic amines is 1. The molecular weight excluding hydrogens is 274 g/mol. The Kier molecular flexibility index (Phi) is 4.29. The van der Waals surface area contributed by atoms with Crippen LogP contribution in [0.4, 0.5) is 5.69 Å². The molecule has 0 bridgehead atoms. The van der Waals surface area contributed by atoms with Crippen LogP contribution in [-0.2, 0) is 0 Å². The van der Waals surface area contributed by atoms with Crippen LogP contribution < -0.4 is 5.10 Å². The van der Waals surface area contributed by atoms with Gasteiger partial charge in [-0.25, -0.2) is 0 Å². The van der Waals surface area contributed by atoms with Gasteiger partial charge in [0, 0.05) is 10.7 Å². The van der Waals surface area contributed by atoms with Crippen molar-refractivity contribution in [1.82, 2.24) is 5.10 Å². The monoisotopic (exact) mass is 285 g/mol. The predicted octanol–water partition coefficient (Wildman–Crippen LogP) is 3.51. The minimum Gasteiger partial charge on any atom is -0.870 e.